The SMILES string of the molecule is CCN1CCN(S(=O)(=O)CBr)CC1. The first-order chi connectivity index (χ1) is 6.10. The highest BCUT2D eigenvalue weighted by Crippen LogP contribution is 2.09. The minimum atomic E-state index is -3.03. The molecule has 4 nitrogen and oxygen atoms in total. The number of alkyl halides is 1. The quantitative estimate of drug-likeness (QED) is 0.693. The van der Waals surface area contributed by atoms with Gasteiger partial charge in [0.25, 0.3) is 0 Å². The molecule has 1 aliphatic heterocycles. The summed E-state index contributed by atoms with van der Waals surface area (Å²) in [7, 11) is -3.03. The van der Waals surface area contributed by atoms with Crippen molar-refractivity contribution in [1.82, 2.24) is 9.21 Å². The third kappa shape index (κ3) is 2.90. The zero-order chi connectivity index (χ0) is 9.90. The van der Waals surface area contributed by atoms with Crippen molar-refractivity contribution in [2.24, 2.45) is 0 Å². The molecule has 1 rings (SSSR count). The summed E-state index contributed by atoms with van der Waals surface area (Å²) in [6, 6.07) is 0. The van der Waals surface area contributed by atoms with Gasteiger partial charge < -0.3 is 4.90 Å². The highest BCUT2D eigenvalue weighted by molar-refractivity contribution is 9.10. The molecule has 0 N–H and O–H groups in total. The molecule has 1 heterocycles. The van der Waals surface area contributed by atoms with Crippen molar-refractivity contribution in [1.29, 1.82) is 0 Å². The van der Waals surface area contributed by atoms with Crippen molar-refractivity contribution in [3.8, 4) is 0 Å². The average Bonchev–Trinajstić information content (AvgIpc) is 2.18. The molecule has 0 spiro atoms. The number of nitrogens with zero attached hydrogens (tertiary/aromatic N) is 2. The van der Waals surface area contributed by atoms with Crippen LogP contribution < -0.4 is 0 Å². The number of halogens is 1. The minimum Gasteiger partial charge on any atom is -0.301 e. The van der Waals surface area contributed by atoms with Crippen molar-refractivity contribution >= 4 is 26.0 Å². The zero-order valence-corrected chi connectivity index (χ0v) is 10.1. The van der Waals surface area contributed by atoms with E-state index < -0.39 is 10.0 Å². The van der Waals surface area contributed by atoms with Crippen LogP contribution in [0.15, 0.2) is 0 Å². The fraction of sp³-hybridized carbons (Fsp3) is 1.00. The van der Waals surface area contributed by atoms with Gasteiger partial charge in [-0.25, -0.2) is 8.42 Å². The van der Waals surface area contributed by atoms with Crippen LogP contribution >= 0.6 is 15.9 Å². The van der Waals surface area contributed by atoms with Crippen molar-refractivity contribution in [2.75, 3.05) is 37.4 Å². The Morgan fingerprint density at radius 3 is 2.15 bits per heavy atom. The number of piperazine rings is 1. The van der Waals surface area contributed by atoms with Gasteiger partial charge in [-0.05, 0) is 6.54 Å². The van der Waals surface area contributed by atoms with Gasteiger partial charge in [0.2, 0.25) is 10.0 Å². The standard InChI is InChI=1S/C7H15BrN2O2S/c1-2-9-3-5-10(6-4-9)13(11,12)7-8/h2-7H2,1H3. The third-order valence-corrected chi connectivity index (χ3v) is 5.47. The van der Waals surface area contributed by atoms with Crippen LogP contribution in [-0.4, -0.2) is 55.0 Å². The summed E-state index contributed by atoms with van der Waals surface area (Å²) < 4.78 is 24.4. The summed E-state index contributed by atoms with van der Waals surface area (Å²) in [6.45, 7) is 6.05. The summed E-state index contributed by atoms with van der Waals surface area (Å²) in [6.07, 6.45) is 0. The van der Waals surface area contributed by atoms with Crippen LogP contribution in [0.1, 0.15) is 6.92 Å². The average molecular weight is 271 g/mol. The first-order valence-electron chi connectivity index (χ1n) is 4.36. The van der Waals surface area contributed by atoms with Crippen LogP contribution in [-0.2, 0) is 10.0 Å². The van der Waals surface area contributed by atoms with E-state index in [0.717, 1.165) is 19.6 Å². The van der Waals surface area contributed by atoms with E-state index >= 15 is 0 Å². The van der Waals surface area contributed by atoms with Crippen LogP contribution in [0.2, 0.25) is 0 Å². The maximum Gasteiger partial charge on any atom is 0.224 e. The second kappa shape index (κ2) is 4.72. The minimum absolute atomic E-state index is 0.0339. The molecule has 0 aromatic carbocycles. The van der Waals surface area contributed by atoms with Crippen LogP contribution in [0.4, 0.5) is 0 Å². The second-order valence-corrected chi connectivity index (χ2v) is 6.33. The van der Waals surface area contributed by atoms with E-state index in [1.54, 1.807) is 4.31 Å². The highest BCUT2D eigenvalue weighted by atomic mass is 79.9. The molecule has 0 atom stereocenters. The van der Waals surface area contributed by atoms with E-state index in [0.29, 0.717) is 13.1 Å². The summed E-state index contributed by atoms with van der Waals surface area (Å²) >= 11 is 3.00. The van der Waals surface area contributed by atoms with Crippen molar-refractivity contribution in [3.63, 3.8) is 0 Å². The largest absolute Gasteiger partial charge is 0.301 e. The lowest BCUT2D eigenvalue weighted by molar-refractivity contribution is 0.197. The van der Waals surface area contributed by atoms with E-state index in [1.165, 1.54) is 0 Å². The lowest BCUT2D eigenvalue weighted by atomic mass is 10.4. The van der Waals surface area contributed by atoms with Crippen molar-refractivity contribution < 1.29 is 8.42 Å². The molecule has 78 valence electrons. The Bertz CT molecular complexity index is 247. The zero-order valence-electron chi connectivity index (χ0n) is 7.74. The summed E-state index contributed by atoms with van der Waals surface area (Å²) in [5, 5.41) is 0. The summed E-state index contributed by atoms with van der Waals surface area (Å²) in [4.78, 5) is 2.25. The van der Waals surface area contributed by atoms with Gasteiger partial charge in [-0.3, -0.25) is 0 Å². The van der Waals surface area contributed by atoms with Gasteiger partial charge in [0.05, 0.1) is 0 Å². The van der Waals surface area contributed by atoms with Crippen LogP contribution in [0.5, 0.6) is 0 Å². The van der Waals surface area contributed by atoms with Crippen molar-refractivity contribution in [2.45, 2.75) is 6.92 Å². The van der Waals surface area contributed by atoms with Gasteiger partial charge in [0, 0.05) is 26.2 Å². The molecule has 6 heteroatoms. The molecule has 0 radical (unpaired) electrons. The second-order valence-electron chi connectivity index (χ2n) is 3.05. The molecular weight excluding hydrogens is 256 g/mol. The molecule has 0 saturated carbocycles. The van der Waals surface area contributed by atoms with E-state index in [9.17, 15) is 8.42 Å². The lowest BCUT2D eigenvalue weighted by Crippen LogP contribution is -2.48. The third-order valence-electron chi connectivity index (χ3n) is 2.31. The van der Waals surface area contributed by atoms with Gasteiger partial charge in [-0.15, -0.1) is 0 Å². The lowest BCUT2D eigenvalue weighted by Gasteiger charge is -2.32. The van der Waals surface area contributed by atoms with Gasteiger partial charge >= 0.3 is 0 Å². The van der Waals surface area contributed by atoms with Crippen LogP contribution in [0.25, 0.3) is 0 Å². The van der Waals surface area contributed by atoms with Crippen molar-refractivity contribution in [3.05, 3.63) is 0 Å². The Morgan fingerprint density at radius 2 is 1.77 bits per heavy atom. The smallest absolute Gasteiger partial charge is 0.224 e. The molecule has 0 aliphatic carbocycles. The van der Waals surface area contributed by atoms with E-state index in [1.807, 2.05) is 0 Å². The molecule has 1 fully saturated rings. The predicted octanol–water partition coefficient (Wildman–Crippen LogP) is 0.306. The van der Waals surface area contributed by atoms with Crippen LogP contribution in [0, 0.1) is 0 Å². The number of hydrogen-bond donors (Lipinski definition) is 0. The fourth-order valence-corrected chi connectivity index (χ4v) is 3.12. The maximum atomic E-state index is 11.4. The number of sulfonamides is 1. The molecule has 0 aromatic heterocycles. The molecule has 0 bridgehead atoms. The monoisotopic (exact) mass is 270 g/mol. The van der Waals surface area contributed by atoms with Gasteiger partial charge in [-0.2, -0.15) is 4.31 Å². The Labute approximate surface area is 88.1 Å². The maximum absolute atomic E-state index is 11.4. The summed E-state index contributed by atoms with van der Waals surface area (Å²) in [5.74, 6) is 0. The first-order valence-corrected chi connectivity index (χ1v) is 7.09. The molecule has 0 unspecified atom stereocenters. The topological polar surface area (TPSA) is 40.6 Å². The number of likely N-dealkylation sites (N-methyl/N-ethyl adjacent to an activating group) is 1. The van der Waals surface area contributed by atoms with Gasteiger partial charge in [0.15, 0.2) is 0 Å². The Balaban J connectivity index is 2.50. The van der Waals surface area contributed by atoms with E-state index in [4.69, 9.17) is 0 Å². The molecular formula is C7H15BrN2O2S. The Kier molecular flexibility index (Phi) is 4.15. The molecule has 1 saturated heterocycles. The number of hydrogen-bond acceptors (Lipinski definition) is 3. The number of rotatable bonds is 3. The first kappa shape index (κ1) is 11.4. The van der Waals surface area contributed by atoms with Crippen LogP contribution in [0.3, 0.4) is 0 Å². The molecule has 0 amide bonds. The van der Waals surface area contributed by atoms with Gasteiger partial charge in [0.1, 0.15) is 4.66 Å². The Hall–Kier alpha value is 0.350. The molecule has 13 heavy (non-hydrogen) atoms. The highest BCUT2D eigenvalue weighted by Gasteiger charge is 2.24. The molecule has 0 aromatic rings. The van der Waals surface area contributed by atoms with E-state index in [2.05, 4.69) is 27.8 Å². The fourth-order valence-electron chi connectivity index (χ4n) is 1.39. The Morgan fingerprint density at radius 1 is 1.23 bits per heavy atom. The predicted molar refractivity (Wildman–Crippen MR) is 56.4 cm³/mol. The van der Waals surface area contributed by atoms with Gasteiger partial charge in [-0.1, -0.05) is 22.9 Å². The molecule has 1 aliphatic rings. The summed E-state index contributed by atoms with van der Waals surface area (Å²) in [5.41, 5.74) is 0. The normalized spacial score (nSPS) is 22.0. The van der Waals surface area contributed by atoms with E-state index in [-0.39, 0.29) is 4.66 Å².